The highest BCUT2D eigenvalue weighted by atomic mass is 35.5. The van der Waals surface area contributed by atoms with E-state index in [0.717, 1.165) is 18.4 Å². The minimum absolute atomic E-state index is 0.0388. The van der Waals surface area contributed by atoms with E-state index in [1.165, 1.54) is 0 Å². The van der Waals surface area contributed by atoms with Crippen molar-refractivity contribution >= 4 is 23.6 Å². The molecule has 1 atom stereocenters. The SMILES string of the molecule is CN(C)C(CNC(=O)c1cccn1C1CCN(C(=O)OC(C)(C)C)CC1)c1ccccc1Cl. The van der Waals surface area contributed by atoms with E-state index in [4.69, 9.17) is 16.3 Å². The van der Waals surface area contributed by atoms with Gasteiger partial charge in [0.15, 0.2) is 0 Å². The monoisotopic (exact) mass is 474 g/mol. The number of ether oxygens (including phenoxy) is 1. The van der Waals surface area contributed by atoms with Gasteiger partial charge in [0.1, 0.15) is 11.3 Å². The molecule has 0 aliphatic carbocycles. The van der Waals surface area contributed by atoms with E-state index >= 15 is 0 Å². The Morgan fingerprint density at radius 3 is 2.42 bits per heavy atom. The van der Waals surface area contributed by atoms with Crippen molar-refractivity contribution in [2.24, 2.45) is 0 Å². The van der Waals surface area contributed by atoms with Crippen molar-refractivity contribution in [3.63, 3.8) is 0 Å². The number of aromatic nitrogens is 1. The third kappa shape index (κ3) is 6.51. The second kappa shape index (κ2) is 10.6. The summed E-state index contributed by atoms with van der Waals surface area (Å²) in [6.45, 7) is 7.26. The molecule has 1 aromatic heterocycles. The van der Waals surface area contributed by atoms with Gasteiger partial charge in [0.25, 0.3) is 5.91 Å². The maximum atomic E-state index is 13.1. The van der Waals surface area contributed by atoms with Crippen LogP contribution in [0.5, 0.6) is 0 Å². The van der Waals surface area contributed by atoms with Crippen molar-refractivity contribution in [3.8, 4) is 0 Å². The first kappa shape index (κ1) is 25.1. The van der Waals surface area contributed by atoms with Gasteiger partial charge in [0.05, 0.1) is 6.04 Å². The predicted octanol–water partition coefficient (Wildman–Crippen LogP) is 4.75. The first-order valence-electron chi connectivity index (χ1n) is 11.4. The molecule has 2 heterocycles. The molecule has 1 unspecified atom stereocenters. The summed E-state index contributed by atoms with van der Waals surface area (Å²) in [4.78, 5) is 29.2. The molecule has 0 saturated carbocycles. The van der Waals surface area contributed by atoms with E-state index in [1.807, 2.05) is 86.9 Å². The summed E-state index contributed by atoms with van der Waals surface area (Å²) in [6.07, 6.45) is 3.21. The summed E-state index contributed by atoms with van der Waals surface area (Å²) in [6, 6.07) is 11.6. The minimum atomic E-state index is -0.506. The van der Waals surface area contributed by atoms with Gasteiger partial charge in [-0.1, -0.05) is 29.8 Å². The number of nitrogens with one attached hydrogen (secondary N) is 1. The van der Waals surface area contributed by atoms with E-state index in [-0.39, 0.29) is 24.1 Å². The molecule has 3 rings (SSSR count). The second-order valence-corrected chi connectivity index (χ2v) is 10.1. The lowest BCUT2D eigenvalue weighted by atomic mass is 10.0. The third-order valence-electron chi connectivity index (χ3n) is 5.86. The van der Waals surface area contributed by atoms with Crippen molar-refractivity contribution in [2.45, 2.75) is 51.3 Å². The molecular weight excluding hydrogens is 440 g/mol. The average molecular weight is 475 g/mol. The molecule has 33 heavy (non-hydrogen) atoms. The number of likely N-dealkylation sites (tertiary alicyclic amines) is 1. The second-order valence-electron chi connectivity index (χ2n) is 9.71. The van der Waals surface area contributed by atoms with Crippen LogP contribution in [0.3, 0.4) is 0 Å². The number of rotatable bonds is 6. The number of nitrogens with zero attached hydrogens (tertiary/aromatic N) is 3. The fraction of sp³-hybridized carbons (Fsp3) is 0.520. The summed E-state index contributed by atoms with van der Waals surface area (Å²) >= 11 is 6.39. The van der Waals surface area contributed by atoms with Crippen LogP contribution in [-0.4, -0.2) is 65.7 Å². The molecule has 1 aliphatic rings. The van der Waals surface area contributed by atoms with Crippen LogP contribution in [0.1, 0.15) is 61.7 Å². The highest BCUT2D eigenvalue weighted by Gasteiger charge is 2.29. The molecule has 0 radical (unpaired) electrons. The Balaban J connectivity index is 1.62. The molecule has 1 aromatic carbocycles. The molecular formula is C25H35ClN4O3. The van der Waals surface area contributed by atoms with Crippen molar-refractivity contribution in [1.82, 2.24) is 19.7 Å². The van der Waals surface area contributed by atoms with Crippen LogP contribution in [-0.2, 0) is 4.74 Å². The van der Waals surface area contributed by atoms with Gasteiger partial charge in [-0.05, 0) is 71.5 Å². The summed E-state index contributed by atoms with van der Waals surface area (Å²) in [7, 11) is 3.95. The number of hydrogen-bond donors (Lipinski definition) is 1. The maximum absolute atomic E-state index is 13.1. The summed E-state index contributed by atoms with van der Waals surface area (Å²) in [5.41, 5.74) is 1.10. The normalized spacial score (nSPS) is 16.0. The number of carbonyl (C=O) groups is 2. The van der Waals surface area contributed by atoms with Gasteiger partial charge in [-0.25, -0.2) is 4.79 Å². The number of halogens is 1. The predicted molar refractivity (Wildman–Crippen MR) is 131 cm³/mol. The Bertz CT molecular complexity index is 959. The largest absolute Gasteiger partial charge is 0.444 e. The zero-order valence-electron chi connectivity index (χ0n) is 20.2. The number of likely N-dealkylation sites (N-methyl/N-ethyl adjacent to an activating group) is 1. The lowest BCUT2D eigenvalue weighted by Gasteiger charge is -2.34. The molecule has 0 spiro atoms. The van der Waals surface area contributed by atoms with Gasteiger partial charge in [-0.15, -0.1) is 0 Å². The molecule has 180 valence electrons. The topological polar surface area (TPSA) is 66.8 Å². The van der Waals surface area contributed by atoms with Gasteiger partial charge in [-0.3, -0.25) is 4.79 Å². The average Bonchev–Trinajstić information content (AvgIpc) is 3.23. The fourth-order valence-corrected chi connectivity index (χ4v) is 4.42. The summed E-state index contributed by atoms with van der Waals surface area (Å²) in [5.74, 6) is -0.117. The first-order chi connectivity index (χ1) is 15.6. The smallest absolute Gasteiger partial charge is 0.410 e. The zero-order chi connectivity index (χ0) is 24.2. The molecule has 7 nitrogen and oxygen atoms in total. The minimum Gasteiger partial charge on any atom is -0.444 e. The first-order valence-corrected chi connectivity index (χ1v) is 11.8. The van der Waals surface area contributed by atoms with Crippen molar-refractivity contribution in [1.29, 1.82) is 0 Å². The Morgan fingerprint density at radius 2 is 1.82 bits per heavy atom. The molecule has 2 aromatic rings. The van der Waals surface area contributed by atoms with Crippen LogP contribution >= 0.6 is 11.6 Å². The zero-order valence-corrected chi connectivity index (χ0v) is 20.9. The van der Waals surface area contributed by atoms with E-state index < -0.39 is 5.60 Å². The Hall–Kier alpha value is -2.51. The lowest BCUT2D eigenvalue weighted by molar-refractivity contribution is 0.0187. The van der Waals surface area contributed by atoms with Gasteiger partial charge < -0.3 is 24.4 Å². The number of amides is 2. The maximum Gasteiger partial charge on any atom is 0.410 e. The third-order valence-corrected chi connectivity index (χ3v) is 6.21. The van der Waals surface area contributed by atoms with Gasteiger partial charge in [0.2, 0.25) is 0 Å². The van der Waals surface area contributed by atoms with Crippen LogP contribution in [0.15, 0.2) is 42.6 Å². The number of piperidine rings is 1. The quantitative estimate of drug-likeness (QED) is 0.656. The fourth-order valence-electron chi connectivity index (χ4n) is 4.15. The Kier molecular flexibility index (Phi) is 8.08. The molecule has 1 N–H and O–H groups in total. The standard InChI is InChI=1S/C25H35ClN4O3/c1-25(2,3)33-24(32)29-15-12-18(13-16-29)30-14-8-11-21(30)23(31)27-17-22(28(4)5)19-9-6-7-10-20(19)26/h6-11,14,18,22H,12-13,15-17H2,1-5H3,(H,27,31). The van der Waals surface area contributed by atoms with E-state index in [9.17, 15) is 9.59 Å². The number of benzene rings is 1. The Morgan fingerprint density at radius 1 is 1.15 bits per heavy atom. The molecule has 1 aliphatic heterocycles. The molecule has 1 fully saturated rings. The van der Waals surface area contributed by atoms with Crippen LogP contribution in [0.2, 0.25) is 5.02 Å². The summed E-state index contributed by atoms with van der Waals surface area (Å²) < 4.78 is 7.52. The Labute approximate surface area is 201 Å². The highest BCUT2D eigenvalue weighted by Crippen LogP contribution is 2.27. The van der Waals surface area contributed by atoms with Crippen molar-refractivity contribution in [2.75, 3.05) is 33.7 Å². The van der Waals surface area contributed by atoms with E-state index in [1.54, 1.807) is 4.90 Å². The summed E-state index contributed by atoms with van der Waals surface area (Å²) in [5, 5.41) is 3.77. The van der Waals surface area contributed by atoms with Crippen LogP contribution in [0, 0.1) is 0 Å². The van der Waals surface area contributed by atoms with Crippen LogP contribution in [0.4, 0.5) is 4.79 Å². The number of hydrogen-bond acceptors (Lipinski definition) is 4. The van der Waals surface area contributed by atoms with Crippen LogP contribution in [0.25, 0.3) is 0 Å². The highest BCUT2D eigenvalue weighted by molar-refractivity contribution is 6.31. The molecule has 8 heteroatoms. The van der Waals surface area contributed by atoms with Gasteiger partial charge in [0, 0.05) is 36.9 Å². The molecule has 0 bridgehead atoms. The molecule has 1 saturated heterocycles. The van der Waals surface area contributed by atoms with Gasteiger partial charge >= 0.3 is 6.09 Å². The van der Waals surface area contributed by atoms with Crippen molar-refractivity contribution in [3.05, 3.63) is 58.9 Å². The van der Waals surface area contributed by atoms with Gasteiger partial charge in [-0.2, -0.15) is 0 Å². The lowest BCUT2D eigenvalue weighted by Crippen LogP contribution is -2.42. The van der Waals surface area contributed by atoms with E-state index in [2.05, 4.69) is 5.32 Å². The van der Waals surface area contributed by atoms with Crippen LogP contribution < -0.4 is 5.32 Å². The number of carbonyl (C=O) groups excluding carboxylic acids is 2. The van der Waals surface area contributed by atoms with E-state index in [0.29, 0.717) is 30.4 Å². The van der Waals surface area contributed by atoms with Crippen molar-refractivity contribution < 1.29 is 14.3 Å². The molecule has 2 amide bonds.